The van der Waals surface area contributed by atoms with Crippen molar-refractivity contribution < 1.29 is 42.9 Å². The van der Waals surface area contributed by atoms with Crippen LogP contribution in [0.1, 0.15) is 271 Å². The van der Waals surface area contributed by atoms with E-state index in [2.05, 4.69) is 98.9 Å². The highest BCUT2D eigenvalue weighted by Crippen LogP contribution is 2.17. The first kappa shape index (κ1) is 73.5. The molecule has 2 unspecified atom stereocenters. The number of unbranched alkanes of at least 4 members (excludes halogenated alkanes) is 29. The van der Waals surface area contributed by atoms with Crippen LogP contribution in [-0.2, 0) is 33.3 Å². The summed E-state index contributed by atoms with van der Waals surface area (Å²) in [7, 11) is 5.96. The molecule has 0 saturated heterocycles. The molecule has 0 fully saturated rings. The van der Waals surface area contributed by atoms with Crippen molar-refractivity contribution in [3.63, 3.8) is 0 Å². The van der Waals surface area contributed by atoms with E-state index in [1.165, 1.54) is 154 Å². The van der Waals surface area contributed by atoms with Crippen LogP contribution >= 0.6 is 0 Å². The molecule has 0 bridgehead atoms. The zero-order valence-corrected chi connectivity index (χ0v) is 50.6. The number of rotatable bonds is 58. The number of carboxylic acid groups (broad SMARTS) is 1. The molecular formula is C68H120NO8+. The number of carbonyl (C=O) groups is 3. The maximum absolute atomic E-state index is 12.9. The summed E-state index contributed by atoms with van der Waals surface area (Å²) in [6.07, 6.45) is 75.7. The lowest BCUT2D eigenvalue weighted by Gasteiger charge is -2.25. The average molecular weight is 1080 g/mol. The van der Waals surface area contributed by atoms with E-state index >= 15 is 0 Å². The predicted octanol–water partition coefficient (Wildman–Crippen LogP) is 19.1. The number of hydrogen-bond acceptors (Lipinski definition) is 7. The second kappa shape index (κ2) is 58.6. The summed E-state index contributed by atoms with van der Waals surface area (Å²) >= 11 is 0. The molecule has 77 heavy (non-hydrogen) atoms. The molecule has 444 valence electrons. The summed E-state index contributed by atoms with van der Waals surface area (Å²) in [5.74, 6) is -2.04. The molecule has 0 radical (unpaired) electrons. The molecule has 0 aliphatic carbocycles. The fraction of sp³-hybridized carbons (Fsp3) is 0.750. The first-order chi connectivity index (χ1) is 37.6. The third kappa shape index (κ3) is 60.0. The minimum Gasteiger partial charge on any atom is -0.477 e. The fourth-order valence-electron chi connectivity index (χ4n) is 8.84. The van der Waals surface area contributed by atoms with Crippen LogP contribution in [0.25, 0.3) is 0 Å². The fourth-order valence-corrected chi connectivity index (χ4v) is 8.84. The number of carbonyl (C=O) groups excluding carboxylic acids is 2. The average Bonchev–Trinajstić information content (AvgIpc) is 3.40. The van der Waals surface area contributed by atoms with Crippen LogP contribution in [0.2, 0.25) is 0 Å². The van der Waals surface area contributed by atoms with Crippen molar-refractivity contribution in [1.29, 1.82) is 0 Å². The Bertz CT molecular complexity index is 1540. The van der Waals surface area contributed by atoms with E-state index in [1.807, 2.05) is 21.1 Å². The Kier molecular flexibility index (Phi) is 55.9. The smallest absolute Gasteiger partial charge is 0.361 e. The molecule has 0 spiro atoms. The highest BCUT2D eigenvalue weighted by molar-refractivity contribution is 5.71. The summed E-state index contributed by atoms with van der Waals surface area (Å²) in [6, 6.07) is 0. The van der Waals surface area contributed by atoms with E-state index < -0.39 is 24.3 Å². The number of likely N-dealkylation sites (N-methyl/N-ethyl adjacent to an activating group) is 1. The van der Waals surface area contributed by atoms with Gasteiger partial charge in [0.2, 0.25) is 0 Å². The van der Waals surface area contributed by atoms with E-state index in [1.54, 1.807) is 0 Å². The third-order valence-corrected chi connectivity index (χ3v) is 13.6. The van der Waals surface area contributed by atoms with Gasteiger partial charge in [0, 0.05) is 12.8 Å². The predicted molar refractivity (Wildman–Crippen MR) is 327 cm³/mol. The molecule has 0 aliphatic rings. The Balaban J connectivity index is 3.95. The van der Waals surface area contributed by atoms with Crippen LogP contribution in [0, 0.1) is 0 Å². The van der Waals surface area contributed by atoms with Crippen molar-refractivity contribution in [2.45, 2.75) is 283 Å². The van der Waals surface area contributed by atoms with Crippen molar-refractivity contribution in [3.8, 4) is 0 Å². The molecule has 9 heteroatoms. The van der Waals surface area contributed by atoms with Gasteiger partial charge in [0.15, 0.2) is 6.10 Å². The van der Waals surface area contributed by atoms with Crippen molar-refractivity contribution in [2.24, 2.45) is 0 Å². The van der Waals surface area contributed by atoms with Crippen LogP contribution in [0.5, 0.6) is 0 Å². The second-order valence-electron chi connectivity index (χ2n) is 22.3. The molecule has 0 aromatic rings. The zero-order valence-electron chi connectivity index (χ0n) is 50.6. The Morgan fingerprint density at radius 2 is 0.701 bits per heavy atom. The molecule has 0 aliphatic heterocycles. The second-order valence-corrected chi connectivity index (χ2v) is 22.3. The number of quaternary nitrogens is 1. The van der Waals surface area contributed by atoms with Crippen molar-refractivity contribution >= 4 is 17.9 Å². The summed E-state index contributed by atoms with van der Waals surface area (Å²) in [5.41, 5.74) is 0. The lowest BCUT2D eigenvalue weighted by atomic mass is 10.0. The van der Waals surface area contributed by atoms with Crippen molar-refractivity contribution in [1.82, 2.24) is 0 Å². The monoisotopic (exact) mass is 1080 g/mol. The number of hydrogen-bond donors (Lipinski definition) is 1. The van der Waals surface area contributed by atoms with Crippen molar-refractivity contribution in [3.05, 3.63) is 85.1 Å². The molecule has 0 heterocycles. The quantitative estimate of drug-likeness (QED) is 0.0211. The largest absolute Gasteiger partial charge is 0.477 e. The third-order valence-electron chi connectivity index (χ3n) is 13.6. The molecule has 9 nitrogen and oxygen atoms in total. The number of carboxylic acids is 1. The molecule has 0 aromatic carbocycles. The Morgan fingerprint density at radius 3 is 1.05 bits per heavy atom. The van der Waals surface area contributed by atoms with Crippen LogP contribution in [-0.4, -0.2) is 87.4 Å². The van der Waals surface area contributed by atoms with E-state index in [4.69, 9.17) is 18.9 Å². The zero-order chi connectivity index (χ0) is 56.2. The van der Waals surface area contributed by atoms with Crippen LogP contribution < -0.4 is 0 Å². The van der Waals surface area contributed by atoms with Crippen molar-refractivity contribution in [2.75, 3.05) is 47.5 Å². The topological polar surface area (TPSA) is 108 Å². The van der Waals surface area contributed by atoms with Gasteiger partial charge in [-0.25, -0.2) is 4.79 Å². The number of aliphatic carboxylic acids is 1. The summed E-state index contributed by atoms with van der Waals surface area (Å²) in [5, 5.41) is 9.69. The van der Waals surface area contributed by atoms with E-state index in [-0.39, 0.29) is 38.6 Å². The molecule has 0 rings (SSSR count). The first-order valence-electron chi connectivity index (χ1n) is 31.8. The van der Waals surface area contributed by atoms with Gasteiger partial charge in [-0.1, -0.05) is 259 Å². The van der Waals surface area contributed by atoms with Gasteiger partial charge in [-0.05, 0) is 83.5 Å². The van der Waals surface area contributed by atoms with Gasteiger partial charge in [-0.2, -0.15) is 0 Å². The van der Waals surface area contributed by atoms with Crippen LogP contribution in [0.4, 0.5) is 0 Å². The van der Waals surface area contributed by atoms with E-state index in [9.17, 15) is 19.5 Å². The number of nitrogens with zero attached hydrogens (tertiary/aromatic N) is 1. The van der Waals surface area contributed by atoms with Gasteiger partial charge < -0.3 is 28.5 Å². The summed E-state index contributed by atoms with van der Waals surface area (Å²) in [6.45, 7) is 4.63. The maximum atomic E-state index is 12.9. The van der Waals surface area contributed by atoms with Crippen LogP contribution in [0.15, 0.2) is 85.1 Å². The van der Waals surface area contributed by atoms with Crippen LogP contribution in [0.3, 0.4) is 0 Å². The molecule has 0 saturated carbocycles. The van der Waals surface area contributed by atoms with E-state index in [0.29, 0.717) is 17.4 Å². The lowest BCUT2D eigenvalue weighted by Crippen LogP contribution is -2.40. The standard InChI is InChI=1S/C68H119NO8/c1-6-8-10-12-14-16-18-20-21-22-23-24-25-26-27-28-29-30-31-32-33-34-35-36-37-38-39-40-41-42-43-44-45-47-49-51-53-55-57-59-66(71)77-64(63-76-68(67(72)73)74-61-60-69(3,4)5)62-75-65(70)58-56-54-52-50-48-46-19-17-15-13-11-9-7-2/h8-11,14-17,20-21,23-24,46,48,64,68H,6-7,12-13,18-19,22,25-45,47,49-63H2,1-5H3/p+1/b10-8-,11-9-,16-14-,17-15-,21-20-,24-23-,48-46-. The highest BCUT2D eigenvalue weighted by Gasteiger charge is 2.25. The Hall–Kier alpha value is -3.53. The molecule has 2 atom stereocenters. The Morgan fingerprint density at radius 1 is 0.390 bits per heavy atom. The molecule has 1 N–H and O–H groups in total. The lowest BCUT2D eigenvalue weighted by molar-refractivity contribution is -0.870. The molecular weight excluding hydrogens is 959 g/mol. The maximum Gasteiger partial charge on any atom is 0.361 e. The number of ether oxygens (including phenoxy) is 4. The minimum absolute atomic E-state index is 0.182. The molecule has 0 aromatic heterocycles. The SMILES string of the molecule is CC/C=C\C/C=C\C/C=C\C/C=C\CCCCCCCCCCCCCCCCCCCCCCCCCCCCC(=O)OC(COC(=O)CCCCC/C=C\C/C=C\C/C=C\CC)COC(OCC[N+](C)(C)C)C(=O)O. The van der Waals surface area contributed by atoms with Gasteiger partial charge in [-0.3, -0.25) is 9.59 Å². The highest BCUT2D eigenvalue weighted by atomic mass is 16.7. The number of esters is 2. The van der Waals surface area contributed by atoms with Gasteiger partial charge in [0.05, 0.1) is 34.4 Å². The summed E-state index contributed by atoms with van der Waals surface area (Å²) < 4.78 is 22.8. The molecule has 0 amide bonds. The normalized spacial score (nSPS) is 13.3. The minimum atomic E-state index is -1.52. The first-order valence-corrected chi connectivity index (χ1v) is 31.8. The Labute approximate surface area is 474 Å². The van der Waals surface area contributed by atoms with Gasteiger partial charge >= 0.3 is 17.9 Å². The van der Waals surface area contributed by atoms with Gasteiger partial charge in [0.25, 0.3) is 6.29 Å². The van der Waals surface area contributed by atoms with Gasteiger partial charge in [0.1, 0.15) is 13.2 Å². The van der Waals surface area contributed by atoms with E-state index in [0.717, 1.165) is 83.5 Å². The van der Waals surface area contributed by atoms with Gasteiger partial charge in [-0.15, -0.1) is 0 Å². The summed E-state index contributed by atoms with van der Waals surface area (Å²) in [4.78, 5) is 37.4. The number of allylic oxidation sites excluding steroid dienone is 14.